The largest absolute Gasteiger partial charge is 0.504 e. The molecule has 0 aromatic heterocycles. The van der Waals surface area contributed by atoms with Crippen LogP contribution in [0.2, 0.25) is 0 Å². The molecular weight excluding hydrogens is 274 g/mol. The summed E-state index contributed by atoms with van der Waals surface area (Å²) < 4.78 is 5.14. The lowest BCUT2D eigenvalue weighted by Gasteiger charge is -2.56. The van der Waals surface area contributed by atoms with E-state index < -0.39 is 0 Å². The molecule has 2 saturated carbocycles. The molecule has 3 aliphatic rings. The topological polar surface area (TPSA) is 50.1 Å². The molecule has 3 heteroatoms. The number of carbonyl (C=O) groups is 1. The van der Waals surface area contributed by atoms with Crippen LogP contribution in [0.5, 0.6) is 0 Å². The first kappa shape index (κ1) is 15.3. The Bertz CT molecular complexity index is 597. The van der Waals surface area contributed by atoms with Crippen LogP contribution in [0.3, 0.4) is 0 Å². The fourth-order valence-corrected chi connectivity index (χ4v) is 5.34. The average molecular weight is 299 g/mol. The van der Waals surface area contributed by atoms with Crippen LogP contribution in [0.1, 0.15) is 52.4 Å². The van der Waals surface area contributed by atoms with E-state index in [0.29, 0.717) is 12.3 Å². The van der Waals surface area contributed by atoms with Crippen molar-refractivity contribution in [1.29, 1.82) is 5.26 Å². The number of ketones is 1. The van der Waals surface area contributed by atoms with Crippen LogP contribution in [0, 0.1) is 34.0 Å². The van der Waals surface area contributed by atoms with Crippen molar-refractivity contribution in [3.63, 3.8) is 0 Å². The summed E-state index contributed by atoms with van der Waals surface area (Å²) in [6, 6.07) is 2.65. The van der Waals surface area contributed by atoms with Gasteiger partial charge in [-0.05, 0) is 55.4 Å². The zero-order chi connectivity index (χ0) is 16.0. The number of allylic oxidation sites excluding steroid dienone is 3. The van der Waals surface area contributed by atoms with Crippen LogP contribution in [-0.4, -0.2) is 12.9 Å². The van der Waals surface area contributed by atoms with Crippen LogP contribution >= 0.6 is 0 Å². The molecule has 0 radical (unpaired) electrons. The highest BCUT2D eigenvalue weighted by molar-refractivity contribution is 5.98. The first-order valence-electron chi connectivity index (χ1n) is 8.37. The molecule has 0 amide bonds. The highest BCUT2D eigenvalue weighted by atomic mass is 16.5. The number of Topliss-reactive ketones (excluding diaryl/α,β-unsaturated/α-hetero) is 1. The van der Waals surface area contributed by atoms with Crippen LogP contribution < -0.4 is 0 Å². The molecule has 0 N–H and O–H groups in total. The van der Waals surface area contributed by atoms with Crippen LogP contribution in [0.15, 0.2) is 23.5 Å². The maximum atomic E-state index is 12.6. The monoisotopic (exact) mass is 299 g/mol. The summed E-state index contributed by atoms with van der Waals surface area (Å²) in [4.78, 5) is 12.6. The third-order valence-corrected chi connectivity index (χ3v) is 6.35. The van der Waals surface area contributed by atoms with Crippen LogP contribution in [0.4, 0.5) is 0 Å². The number of hydrogen-bond acceptors (Lipinski definition) is 3. The summed E-state index contributed by atoms with van der Waals surface area (Å²) in [6.45, 7) is 4.32. The molecule has 22 heavy (non-hydrogen) atoms. The molecular formula is C19H25NO2. The van der Waals surface area contributed by atoms with E-state index in [2.05, 4.69) is 26.0 Å². The number of rotatable bonds is 1. The van der Waals surface area contributed by atoms with Gasteiger partial charge >= 0.3 is 0 Å². The second kappa shape index (κ2) is 5.26. The van der Waals surface area contributed by atoms with Gasteiger partial charge in [-0.3, -0.25) is 4.79 Å². The first-order chi connectivity index (χ1) is 10.5. The fraction of sp³-hybridized carbons (Fsp3) is 0.684. The van der Waals surface area contributed by atoms with Gasteiger partial charge in [0, 0.05) is 11.5 Å². The standard InChI is InChI=1S/C19H25NO2/c1-13-15-7-9-19(12-20)8-5-4-6-16(19)18(15,2)10-14(11-22-3)17(13)21/h6,11,13,15H,4-5,7-10H2,1-3H3/b14-11-/t13-,15?,18?,19?/m1/s1. The van der Waals surface area contributed by atoms with E-state index >= 15 is 0 Å². The van der Waals surface area contributed by atoms with Crippen molar-refractivity contribution in [1.82, 2.24) is 0 Å². The van der Waals surface area contributed by atoms with Gasteiger partial charge in [-0.1, -0.05) is 19.9 Å². The molecule has 3 rings (SSSR count). The van der Waals surface area contributed by atoms with E-state index in [1.54, 1.807) is 13.4 Å². The second-order valence-corrected chi connectivity index (χ2v) is 7.48. The normalized spacial score (nSPS) is 42.9. The van der Waals surface area contributed by atoms with E-state index in [-0.39, 0.29) is 22.5 Å². The van der Waals surface area contributed by atoms with Gasteiger partial charge < -0.3 is 4.74 Å². The Kier molecular flexibility index (Phi) is 3.67. The maximum Gasteiger partial charge on any atom is 0.165 e. The van der Waals surface area contributed by atoms with Crippen molar-refractivity contribution < 1.29 is 9.53 Å². The molecule has 0 bridgehead atoms. The molecule has 0 aromatic rings. The molecule has 3 aliphatic carbocycles. The van der Waals surface area contributed by atoms with Crippen LogP contribution in [-0.2, 0) is 9.53 Å². The molecule has 3 nitrogen and oxygen atoms in total. The Morgan fingerprint density at radius 2 is 2.23 bits per heavy atom. The molecule has 0 saturated heterocycles. The average Bonchev–Trinajstić information content (AvgIpc) is 2.52. The highest BCUT2D eigenvalue weighted by Gasteiger charge is 2.57. The number of ether oxygens (including phenoxy) is 1. The maximum absolute atomic E-state index is 12.6. The second-order valence-electron chi connectivity index (χ2n) is 7.48. The Morgan fingerprint density at radius 3 is 2.91 bits per heavy atom. The number of hydrogen-bond donors (Lipinski definition) is 0. The lowest BCUT2D eigenvalue weighted by molar-refractivity contribution is -0.126. The van der Waals surface area contributed by atoms with Gasteiger partial charge in [0.25, 0.3) is 0 Å². The SMILES string of the molecule is CO/C=C1/CC2(C)C3=CCCCC3(C#N)CCC2[C@@H](C)C1=O. The van der Waals surface area contributed by atoms with Gasteiger partial charge in [0.15, 0.2) is 5.78 Å². The van der Waals surface area contributed by atoms with Gasteiger partial charge in [0.2, 0.25) is 0 Å². The first-order valence-corrected chi connectivity index (χ1v) is 8.37. The van der Waals surface area contributed by atoms with E-state index in [0.717, 1.165) is 37.7 Å². The summed E-state index contributed by atoms with van der Waals surface area (Å²) in [5.41, 5.74) is 1.73. The third-order valence-electron chi connectivity index (χ3n) is 6.35. The third kappa shape index (κ3) is 1.96. The summed E-state index contributed by atoms with van der Waals surface area (Å²) in [7, 11) is 1.60. The molecule has 2 fully saturated rings. The predicted molar refractivity (Wildman–Crippen MR) is 84.7 cm³/mol. The number of nitrogens with zero attached hydrogens (tertiary/aromatic N) is 1. The van der Waals surface area contributed by atoms with Gasteiger partial charge in [-0.25, -0.2) is 0 Å². The van der Waals surface area contributed by atoms with Gasteiger partial charge in [0.05, 0.1) is 24.9 Å². The van der Waals surface area contributed by atoms with Crippen molar-refractivity contribution >= 4 is 5.78 Å². The number of carbonyl (C=O) groups excluding carboxylic acids is 1. The van der Waals surface area contributed by atoms with E-state index in [4.69, 9.17) is 4.74 Å². The summed E-state index contributed by atoms with van der Waals surface area (Å²) in [6.07, 6.45) is 9.68. The van der Waals surface area contributed by atoms with Crippen molar-refractivity contribution in [2.45, 2.75) is 52.4 Å². The quantitative estimate of drug-likeness (QED) is 0.415. The number of methoxy groups -OCH3 is 1. The number of fused-ring (bicyclic) bond motifs is 3. The minimum atomic E-state index is -0.290. The minimum Gasteiger partial charge on any atom is -0.504 e. The molecule has 0 aromatic carbocycles. The Hall–Kier alpha value is -1.56. The molecule has 0 spiro atoms. The van der Waals surface area contributed by atoms with Crippen molar-refractivity contribution in [2.75, 3.05) is 7.11 Å². The predicted octanol–water partition coefficient (Wildman–Crippen LogP) is 4.16. The zero-order valence-electron chi connectivity index (χ0n) is 13.8. The van der Waals surface area contributed by atoms with Crippen LogP contribution in [0.25, 0.3) is 0 Å². The minimum absolute atomic E-state index is 0.0136. The molecule has 118 valence electrons. The molecule has 0 aliphatic heterocycles. The lowest BCUT2D eigenvalue weighted by Crippen LogP contribution is -2.51. The van der Waals surface area contributed by atoms with Crippen molar-refractivity contribution in [3.05, 3.63) is 23.5 Å². The number of nitriles is 1. The fourth-order valence-electron chi connectivity index (χ4n) is 5.34. The van der Waals surface area contributed by atoms with Crippen molar-refractivity contribution in [2.24, 2.45) is 22.7 Å². The van der Waals surface area contributed by atoms with Gasteiger partial charge in [0.1, 0.15) is 0 Å². The van der Waals surface area contributed by atoms with Crippen molar-refractivity contribution in [3.8, 4) is 6.07 Å². The highest BCUT2D eigenvalue weighted by Crippen LogP contribution is 2.63. The van der Waals surface area contributed by atoms with Gasteiger partial charge in [-0.2, -0.15) is 5.26 Å². The Balaban J connectivity index is 2.09. The smallest absolute Gasteiger partial charge is 0.165 e. The van der Waals surface area contributed by atoms with E-state index in [9.17, 15) is 10.1 Å². The molecule has 0 heterocycles. The summed E-state index contributed by atoms with van der Waals surface area (Å²) in [5, 5.41) is 9.87. The molecule has 3 unspecified atom stereocenters. The molecule has 4 atom stereocenters. The Labute approximate surface area is 133 Å². The van der Waals surface area contributed by atoms with E-state index in [1.165, 1.54) is 5.57 Å². The van der Waals surface area contributed by atoms with E-state index in [1.807, 2.05) is 0 Å². The van der Waals surface area contributed by atoms with Gasteiger partial charge in [-0.15, -0.1) is 0 Å². The zero-order valence-corrected chi connectivity index (χ0v) is 13.8. The summed E-state index contributed by atoms with van der Waals surface area (Å²) in [5.74, 6) is 0.588. The Morgan fingerprint density at radius 1 is 1.45 bits per heavy atom. The lowest BCUT2D eigenvalue weighted by atomic mass is 9.46. The summed E-state index contributed by atoms with van der Waals surface area (Å²) >= 11 is 0.